The van der Waals surface area contributed by atoms with E-state index in [1.165, 1.54) is 0 Å². The van der Waals surface area contributed by atoms with Gasteiger partial charge in [0.2, 0.25) is 0 Å². The van der Waals surface area contributed by atoms with Gasteiger partial charge in [0.15, 0.2) is 11.6 Å². The Hall–Kier alpha value is -2.49. The van der Waals surface area contributed by atoms with Crippen LogP contribution in [0.25, 0.3) is 0 Å². The number of halogens is 4. The maximum atomic E-state index is 13.5. The first-order valence-corrected chi connectivity index (χ1v) is 7.00. The Labute approximate surface area is 133 Å². The van der Waals surface area contributed by atoms with Gasteiger partial charge >= 0.3 is 6.18 Å². The maximum absolute atomic E-state index is 13.5. The van der Waals surface area contributed by atoms with E-state index in [9.17, 15) is 22.4 Å². The lowest BCUT2D eigenvalue weighted by Crippen LogP contribution is -2.27. The fraction of sp³-hybridized carbons (Fsp3) is 0.357. The van der Waals surface area contributed by atoms with E-state index in [2.05, 4.69) is 15.5 Å². The molecule has 1 aliphatic heterocycles. The van der Waals surface area contributed by atoms with Crippen molar-refractivity contribution in [2.75, 3.05) is 6.61 Å². The van der Waals surface area contributed by atoms with Gasteiger partial charge in [-0.2, -0.15) is 13.2 Å². The zero-order valence-corrected chi connectivity index (χ0v) is 12.2. The van der Waals surface area contributed by atoms with Gasteiger partial charge in [0.05, 0.1) is 18.7 Å². The zero-order valence-electron chi connectivity index (χ0n) is 12.2. The highest BCUT2D eigenvalue weighted by molar-refractivity contribution is 5.94. The number of hydrogen-bond acceptors (Lipinski definition) is 4. The Kier molecular flexibility index (Phi) is 4.22. The number of benzene rings is 1. The molecule has 0 aliphatic carbocycles. The SMILES string of the molecule is O=C(NCc1nnc2n1CCOC2)c1ccc(C(F)(F)F)c(F)c1. The molecule has 24 heavy (non-hydrogen) atoms. The summed E-state index contributed by atoms with van der Waals surface area (Å²) in [7, 11) is 0. The summed E-state index contributed by atoms with van der Waals surface area (Å²) in [5, 5.41) is 10.3. The first-order chi connectivity index (χ1) is 11.4. The highest BCUT2D eigenvalue weighted by Gasteiger charge is 2.34. The number of aromatic nitrogens is 3. The van der Waals surface area contributed by atoms with Gasteiger partial charge in [-0.1, -0.05) is 0 Å². The van der Waals surface area contributed by atoms with Crippen molar-refractivity contribution in [1.29, 1.82) is 0 Å². The van der Waals surface area contributed by atoms with Crippen LogP contribution >= 0.6 is 0 Å². The van der Waals surface area contributed by atoms with Crippen LogP contribution in [0.1, 0.15) is 27.6 Å². The van der Waals surface area contributed by atoms with Crippen molar-refractivity contribution in [1.82, 2.24) is 20.1 Å². The summed E-state index contributed by atoms with van der Waals surface area (Å²) >= 11 is 0. The summed E-state index contributed by atoms with van der Waals surface area (Å²) in [5.41, 5.74) is -1.62. The van der Waals surface area contributed by atoms with Crippen molar-refractivity contribution in [2.24, 2.45) is 0 Å². The monoisotopic (exact) mass is 344 g/mol. The van der Waals surface area contributed by atoms with Crippen LogP contribution in [0.15, 0.2) is 18.2 Å². The third-order valence-corrected chi connectivity index (χ3v) is 3.54. The number of carbonyl (C=O) groups is 1. The maximum Gasteiger partial charge on any atom is 0.419 e. The molecule has 1 N–H and O–H groups in total. The number of hydrogen-bond donors (Lipinski definition) is 1. The molecular formula is C14H12F4N4O2. The summed E-state index contributed by atoms with van der Waals surface area (Å²) in [4.78, 5) is 12.0. The fourth-order valence-corrected chi connectivity index (χ4v) is 2.33. The van der Waals surface area contributed by atoms with Gasteiger partial charge in [-0.3, -0.25) is 4.79 Å². The van der Waals surface area contributed by atoms with Crippen LogP contribution in [0.2, 0.25) is 0 Å². The summed E-state index contributed by atoms with van der Waals surface area (Å²) < 4.78 is 58.0. The molecule has 0 unspecified atom stereocenters. The van der Waals surface area contributed by atoms with Crippen LogP contribution in [0.4, 0.5) is 17.6 Å². The van der Waals surface area contributed by atoms with E-state index in [0.717, 1.165) is 6.07 Å². The average Bonchev–Trinajstić information content (AvgIpc) is 2.94. The van der Waals surface area contributed by atoms with E-state index in [4.69, 9.17) is 4.74 Å². The van der Waals surface area contributed by atoms with Crippen molar-refractivity contribution in [2.45, 2.75) is 25.9 Å². The molecule has 0 bridgehead atoms. The van der Waals surface area contributed by atoms with Crippen molar-refractivity contribution in [3.05, 3.63) is 46.8 Å². The van der Waals surface area contributed by atoms with Gasteiger partial charge in [-0.05, 0) is 18.2 Å². The molecule has 1 aliphatic rings. The molecule has 0 atom stereocenters. The number of fused-ring (bicyclic) bond motifs is 1. The second-order valence-corrected chi connectivity index (χ2v) is 5.11. The normalized spacial score (nSPS) is 14.3. The Morgan fingerprint density at radius 3 is 2.83 bits per heavy atom. The molecule has 0 saturated heterocycles. The summed E-state index contributed by atoms with van der Waals surface area (Å²) in [5.74, 6) is -1.07. The van der Waals surface area contributed by atoms with Gasteiger partial charge in [0, 0.05) is 12.1 Å². The van der Waals surface area contributed by atoms with Crippen LogP contribution < -0.4 is 5.32 Å². The quantitative estimate of drug-likeness (QED) is 0.864. The van der Waals surface area contributed by atoms with Crippen LogP contribution in [0.3, 0.4) is 0 Å². The molecule has 1 aromatic carbocycles. The number of rotatable bonds is 3. The molecule has 10 heteroatoms. The van der Waals surface area contributed by atoms with Crippen LogP contribution in [-0.4, -0.2) is 27.3 Å². The molecule has 3 rings (SSSR count). The first kappa shape index (κ1) is 16.4. The van der Waals surface area contributed by atoms with Crippen molar-refractivity contribution >= 4 is 5.91 Å². The second-order valence-electron chi connectivity index (χ2n) is 5.11. The Morgan fingerprint density at radius 1 is 1.33 bits per heavy atom. The van der Waals surface area contributed by atoms with Crippen molar-refractivity contribution < 1.29 is 27.1 Å². The Balaban J connectivity index is 1.69. The molecule has 6 nitrogen and oxygen atoms in total. The minimum Gasteiger partial charge on any atom is -0.372 e. The van der Waals surface area contributed by atoms with Gasteiger partial charge in [0.1, 0.15) is 12.4 Å². The van der Waals surface area contributed by atoms with Gasteiger partial charge in [-0.25, -0.2) is 4.39 Å². The minimum atomic E-state index is -4.80. The lowest BCUT2D eigenvalue weighted by molar-refractivity contribution is -0.140. The van der Waals surface area contributed by atoms with Gasteiger partial charge in [0.25, 0.3) is 5.91 Å². The van der Waals surface area contributed by atoms with Crippen LogP contribution in [0.5, 0.6) is 0 Å². The van der Waals surface area contributed by atoms with Crippen LogP contribution in [0, 0.1) is 5.82 Å². The molecule has 1 amide bonds. The van der Waals surface area contributed by atoms with E-state index in [1.807, 2.05) is 0 Å². The third-order valence-electron chi connectivity index (χ3n) is 3.54. The zero-order chi connectivity index (χ0) is 17.3. The van der Waals surface area contributed by atoms with E-state index in [0.29, 0.717) is 43.5 Å². The number of nitrogens with one attached hydrogen (secondary N) is 1. The van der Waals surface area contributed by atoms with E-state index < -0.39 is 23.5 Å². The van der Waals surface area contributed by atoms with Crippen LogP contribution in [-0.2, 0) is 30.6 Å². The molecule has 0 saturated carbocycles. The molecule has 128 valence electrons. The van der Waals surface area contributed by atoms with Gasteiger partial charge < -0.3 is 14.6 Å². The Bertz CT molecular complexity index is 773. The Morgan fingerprint density at radius 2 is 2.12 bits per heavy atom. The second kappa shape index (κ2) is 6.19. The number of ether oxygens (including phenoxy) is 1. The standard InChI is InChI=1S/C14H12F4N4O2/c15-10-5-8(1-2-9(10)14(16,17)18)13(23)19-6-11-20-21-12-7-24-4-3-22(11)12/h1-2,5H,3-4,6-7H2,(H,19,23). The molecule has 2 aromatic rings. The van der Waals surface area contributed by atoms with Crippen molar-refractivity contribution in [3.8, 4) is 0 Å². The van der Waals surface area contributed by atoms with Gasteiger partial charge in [-0.15, -0.1) is 10.2 Å². The van der Waals surface area contributed by atoms with Crippen molar-refractivity contribution in [3.63, 3.8) is 0 Å². The lowest BCUT2D eigenvalue weighted by atomic mass is 10.1. The highest BCUT2D eigenvalue weighted by atomic mass is 19.4. The molecule has 0 radical (unpaired) electrons. The lowest BCUT2D eigenvalue weighted by Gasteiger charge is -2.15. The number of nitrogens with zero attached hydrogens (tertiary/aromatic N) is 3. The third kappa shape index (κ3) is 3.23. The van der Waals surface area contributed by atoms with E-state index in [1.54, 1.807) is 4.57 Å². The van der Waals surface area contributed by atoms with E-state index in [-0.39, 0.29) is 12.1 Å². The number of alkyl halides is 3. The minimum absolute atomic E-state index is 0.0223. The molecule has 2 heterocycles. The molecular weight excluding hydrogens is 332 g/mol. The number of amides is 1. The highest BCUT2D eigenvalue weighted by Crippen LogP contribution is 2.31. The summed E-state index contributed by atoms with van der Waals surface area (Å²) in [6, 6.07) is 2.03. The smallest absolute Gasteiger partial charge is 0.372 e. The topological polar surface area (TPSA) is 69.0 Å². The largest absolute Gasteiger partial charge is 0.419 e. The molecule has 1 aromatic heterocycles. The number of carbonyl (C=O) groups excluding carboxylic acids is 1. The predicted molar refractivity (Wildman–Crippen MR) is 72.3 cm³/mol. The van der Waals surface area contributed by atoms with E-state index >= 15 is 0 Å². The summed E-state index contributed by atoms with van der Waals surface area (Å²) in [6.45, 7) is 1.39. The summed E-state index contributed by atoms with van der Waals surface area (Å²) in [6.07, 6.45) is -4.80. The predicted octanol–water partition coefficient (Wildman–Crippen LogP) is 1.90. The first-order valence-electron chi connectivity index (χ1n) is 7.00. The molecule has 0 spiro atoms. The average molecular weight is 344 g/mol. The molecule has 0 fully saturated rings. The fourth-order valence-electron chi connectivity index (χ4n) is 2.33.